The van der Waals surface area contributed by atoms with Gasteiger partial charge < -0.3 is 0 Å². The second kappa shape index (κ2) is 6.18. The van der Waals surface area contributed by atoms with Gasteiger partial charge in [-0.1, -0.05) is 29.9 Å². The van der Waals surface area contributed by atoms with Gasteiger partial charge in [-0.15, -0.1) is 24.8 Å². The van der Waals surface area contributed by atoms with Crippen molar-refractivity contribution in [2.45, 2.75) is 13.2 Å². The minimum absolute atomic E-state index is 0. The maximum atomic E-state index is 4.96. The van der Waals surface area contributed by atoms with E-state index in [0.717, 1.165) is 11.1 Å². The molecule has 13 heavy (non-hydrogen) atoms. The molecule has 0 fully saturated rings. The van der Waals surface area contributed by atoms with Gasteiger partial charge in [0.05, 0.1) is 13.2 Å². The number of hydrogen-bond acceptors (Lipinski definition) is 3. The smallest absolute Gasteiger partial charge is 0.0959 e. The lowest BCUT2D eigenvalue weighted by molar-refractivity contribution is -0.183. The first-order chi connectivity index (χ1) is 5.45. The standard InChI is InChI=1S/C8H9NO2.2ClH/c1-2-8-4-3-7(1)5-10-9-11-6-8;;/h1-4,9H,5-6H2;2*1H. The first-order valence-electron chi connectivity index (χ1n) is 3.51. The third-order valence-electron chi connectivity index (χ3n) is 1.62. The Bertz CT molecular complexity index is 215. The number of fused-ring (bicyclic) bond motifs is 6. The Hall–Kier alpha value is -0.320. The summed E-state index contributed by atoms with van der Waals surface area (Å²) in [4.78, 5) is 9.92. The molecule has 2 aliphatic rings. The molecule has 2 heterocycles. The van der Waals surface area contributed by atoms with Crippen molar-refractivity contribution in [3.63, 3.8) is 0 Å². The van der Waals surface area contributed by atoms with Crippen LogP contribution in [0.1, 0.15) is 11.1 Å². The Kier molecular flexibility index (Phi) is 6.03. The topological polar surface area (TPSA) is 30.5 Å². The molecule has 0 radical (unpaired) electrons. The van der Waals surface area contributed by atoms with Crippen LogP contribution in [0, 0.1) is 0 Å². The lowest BCUT2D eigenvalue weighted by Crippen LogP contribution is -2.13. The van der Waals surface area contributed by atoms with Crippen molar-refractivity contribution in [2.24, 2.45) is 0 Å². The van der Waals surface area contributed by atoms with Gasteiger partial charge in [-0.2, -0.15) is 0 Å². The molecule has 74 valence electrons. The summed E-state index contributed by atoms with van der Waals surface area (Å²) in [6.07, 6.45) is 0. The summed E-state index contributed by atoms with van der Waals surface area (Å²) >= 11 is 0. The number of halogens is 2. The van der Waals surface area contributed by atoms with Crippen LogP contribution < -0.4 is 5.64 Å². The molecule has 1 aromatic rings. The van der Waals surface area contributed by atoms with Gasteiger partial charge in [-0.05, 0) is 11.1 Å². The molecule has 0 atom stereocenters. The van der Waals surface area contributed by atoms with Crippen molar-refractivity contribution in [1.82, 2.24) is 5.64 Å². The molecular weight excluding hydrogens is 213 g/mol. The van der Waals surface area contributed by atoms with Crippen molar-refractivity contribution >= 4 is 24.8 Å². The van der Waals surface area contributed by atoms with Gasteiger partial charge in [0, 0.05) is 0 Å². The van der Waals surface area contributed by atoms with Crippen LogP contribution in [0.25, 0.3) is 0 Å². The average Bonchev–Trinajstić information content (AvgIpc) is 2.21. The molecule has 3 rings (SSSR count). The van der Waals surface area contributed by atoms with E-state index >= 15 is 0 Å². The Labute approximate surface area is 89.1 Å². The molecule has 0 amide bonds. The van der Waals surface area contributed by atoms with E-state index in [9.17, 15) is 0 Å². The molecule has 0 unspecified atom stereocenters. The number of benzene rings is 1. The fraction of sp³-hybridized carbons (Fsp3) is 0.250. The highest BCUT2D eigenvalue weighted by molar-refractivity contribution is 5.85. The normalized spacial score (nSPS) is 14.5. The summed E-state index contributed by atoms with van der Waals surface area (Å²) in [6, 6.07) is 8.13. The van der Waals surface area contributed by atoms with Crippen LogP contribution in [-0.4, -0.2) is 0 Å². The van der Waals surface area contributed by atoms with E-state index in [4.69, 9.17) is 9.68 Å². The first kappa shape index (κ1) is 12.7. The van der Waals surface area contributed by atoms with Crippen molar-refractivity contribution in [1.29, 1.82) is 0 Å². The van der Waals surface area contributed by atoms with Gasteiger partial charge in [0.1, 0.15) is 0 Å². The van der Waals surface area contributed by atoms with E-state index in [0.29, 0.717) is 13.2 Å². The highest BCUT2D eigenvalue weighted by Crippen LogP contribution is 2.07. The molecule has 2 aliphatic heterocycles. The van der Waals surface area contributed by atoms with E-state index in [1.165, 1.54) is 0 Å². The van der Waals surface area contributed by atoms with Gasteiger partial charge in [0.2, 0.25) is 0 Å². The van der Waals surface area contributed by atoms with Crippen LogP contribution in [0.5, 0.6) is 0 Å². The molecule has 0 saturated carbocycles. The minimum Gasteiger partial charge on any atom is -0.272 e. The van der Waals surface area contributed by atoms with Gasteiger partial charge >= 0.3 is 0 Å². The second-order valence-electron chi connectivity index (χ2n) is 2.48. The Morgan fingerprint density at radius 1 is 0.846 bits per heavy atom. The Balaban J connectivity index is 0.000000720. The molecule has 1 aromatic carbocycles. The summed E-state index contributed by atoms with van der Waals surface area (Å²) in [5.74, 6) is 0. The average molecular weight is 224 g/mol. The summed E-state index contributed by atoms with van der Waals surface area (Å²) in [5, 5.41) is 0. The van der Waals surface area contributed by atoms with Crippen molar-refractivity contribution in [3.05, 3.63) is 35.4 Å². The second-order valence-corrected chi connectivity index (χ2v) is 2.48. The lowest BCUT2D eigenvalue weighted by Gasteiger charge is -2.01. The summed E-state index contributed by atoms with van der Waals surface area (Å²) in [6.45, 7) is 1.08. The van der Waals surface area contributed by atoms with Gasteiger partial charge in [0.25, 0.3) is 0 Å². The molecule has 0 aromatic heterocycles. The Morgan fingerprint density at radius 3 is 1.62 bits per heavy atom. The van der Waals surface area contributed by atoms with Crippen LogP contribution in [0.3, 0.4) is 0 Å². The molecule has 3 nitrogen and oxygen atoms in total. The molecule has 0 aliphatic carbocycles. The third kappa shape index (κ3) is 3.50. The summed E-state index contributed by atoms with van der Waals surface area (Å²) in [7, 11) is 0. The van der Waals surface area contributed by atoms with Gasteiger partial charge in [-0.3, -0.25) is 9.68 Å². The number of nitrogens with one attached hydrogen (secondary N) is 1. The zero-order valence-electron chi connectivity index (χ0n) is 6.86. The first-order valence-corrected chi connectivity index (χ1v) is 3.51. The molecule has 0 saturated heterocycles. The zero-order valence-corrected chi connectivity index (χ0v) is 8.49. The van der Waals surface area contributed by atoms with Crippen molar-refractivity contribution in [2.75, 3.05) is 0 Å². The van der Waals surface area contributed by atoms with Crippen molar-refractivity contribution in [3.8, 4) is 0 Å². The van der Waals surface area contributed by atoms with Crippen LogP contribution in [0.15, 0.2) is 24.3 Å². The van der Waals surface area contributed by atoms with E-state index in [1.54, 1.807) is 0 Å². The number of hydrogen-bond donors (Lipinski definition) is 1. The molecule has 0 spiro atoms. The van der Waals surface area contributed by atoms with E-state index in [1.807, 2.05) is 24.3 Å². The quantitative estimate of drug-likeness (QED) is 0.731. The van der Waals surface area contributed by atoms with E-state index in [-0.39, 0.29) is 24.8 Å². The van der Waals surface area contributed by atoms with Crippen molar-refractivity contribution < 1.29 is 9.68 Å². The maximum absolute atomic E-state index is 4.96. The summed E-state index contributed by atoms with van der Waals surface area (Å²) in [5.41, 5.74) is 4.70. The maximum Gasteiger partial charge on any atom is 0.0959 e. The minimum atomic E-state index is 0. The van der Waals surface area contributed by atoms with Gasteiger partial charge in [-0.25, -0.2) is 0 Å². The van der Waals surface area contributed by atoms with Crippen LogP contribution in [0.4, 0.5) is 0 Å². The largest absolute Gasteiger partial charge is 0.272 e. The molecular formula is C8H11Cl2NO2. The highest BCUT2D eigenvalue weighted by Gasteiger charge is 1.99. The predicted molar refractivity (Wildman–Crippen MR) is 53.7 cm³/mol. The summed E-state index contributed by atoms with van der Waals surface area (Å²) < 4.78 is 0. The fourth-order valence-electron chi connectivity index (χ4n) is 0.999. The monoisotopic (exact) mass is 223 g/mol. The van der Waals surface area contributed by atoms with Gasteiger partial charge in [0.15, 0.2) is 0 Å². The van der Waals surface area contributed by atoms with Crippen LogP contribution in [-0.2, 0) is 22.9 Å². The fourth-order valence-corrected chi connectivity index (χ4v) is 0.999. The molecule has 5 heteroatoms. The zero-order chi connectivity index (χ0) is 7.52. The Morgan fingerprint density at radius 2 is 1.23 bits per heavy atom. The molecule has 1 N–H and O–H groups in total. The van der Waals surface area contributed by atoms with E-state index < -0.39 is 0 Å². The molecule has 2 bridgehead atoms. The lowest BCUT2D eigenvalue weighted by atomic mass is 10.1. The number of rotatable bonds is 0. The predicted octanol–water partition coefficient (Wildman–Crippen LogP) is 2.00. The van der Waals surface area contributed by atoms with Crippen LogP contribution >= 0.6 is 24.8 Å². The third-order valence-corrected chi connectivity index (χ3v) is 1.62. The highest BCUT2D eigenvalue weighted by atomic mass is 35.5. The SMILES string of the molecule is Cl.Cl.c1cc2ccc1CONOC2. The van der Waals surface area contributed by atoms with Crippen LogP contribution in [0.2, 0.25) is 0 Å². The van der Waals surface area contributed by atoms with E-state index in [2.05, 4.69) is 5.64 Å².